The first-order valence-corrected chi connectivity index (χ1v) is 13.8. The van der Waals surface area contributed by atoms with E-state index < -0.39 is 110 Å². The molecule has 5 rings (SSSR count). The Labute approximate surface area is 254 Å². The van der Waals surface area contributed by atoms with Gasteiger partial charge in [-0.15, -0.1) is 0 Å². The summed E-state index contributed by atoms with van der Waals surface area (Å²) < 4.78 is 33.2. The summed E-state index contributed by atoms with van der Waals surface area (Å²) in [5, 5.41) is 103. The van der Waals surface area contributed by atoms with Crippen LogP contribution in [-0.4, -0.2) is 145 Å². The van der Waals surface area contributed by atoms with Crippen molar-refractivity contribution in [1.29, 1.82) is 0 Å². The minimum absolute atomic E-state index is 0.116. The van der Waals surface area contributed by atoms with Crippen LogP contribution < -0.4 is 9.47 Å². The van der Waals surface area contributed by atoms with Gasteiger partial charge in [0.05, 0.1) is 20.3 Å². The molecule has 3 aliphatic heterocycles. The molecule has 248 valence electrons. The SMILES string of the molecule is COc1c(O)cc(O)c2c1O[C@@H](c1ccc(O)cc1)[C@@H](O[C@H]1[C@H](O)[C@@H](O)[C@H](O[C@@H]3[C@@H](O)[C@H](O)[C@@H](CO)O[C@@H]3O)O[C@@H]1CO)C2=O. The minimum Gasteiger partial charge on any atom is -0.508 e. The molecule has 2 saturated heterocycles. The number of benzene rings is 2. The second kappa shape index (κ2) is 13.2. The first-order valence-electron chi connectivity index (χ1n) is 13.8. The molecular formula is C28H34O17. The first-order chi connectivity index (χ1) is 21.4. The molecular weight excluding hydrogens is 608 g/mol. The van der Waals surface area contributed by atoms with Crippen molar-refractivity contribution in [3.63, 3.8) is 0 Å². The Morgan fingerprint density at radius 1 is 0.778 bits per heavy atom. The van der Waals surface area contributed by atoms with E-state index in [4.69, 9.17) is 28.4 Å². The summed E-state index contributed by atoms with van der Waals surface area (Å²) >= 11 is 0. The van der Waals surface area contributed by atoms with Crippen LogP contribution in [0.2, 0.25) is 0 Å². The predicted octanol–water partition coefficient (Wildman–Crippen LogP) is -2.86. The number of phenolic OH excluding ortho intramolecular Hbond substituents is 3. The lowest BCUT2D eigenvalue weighted by atomic mass is 9.91. The monoisotopic (exact) mass is 642 g/mol. The van der Waals surface area contributed by atoms with E-state index >= 15 is 0 Å². The molecule has 2 fully saturated rings. The number of phenols is 3. The summed E-state index contributed by atoms with van der Waals surface area (Å²) in [6.45, 7) is -1.61. The van der Waals surface area contributed by atoms with Gasteiger partial charge in [0.1, 0.15) is 65.9 Å². The number of aliphatic hydroxyl groups is 7. The zero-order chi connectivity index (χ0) is 32.7. The average molecular weight is 643 g/mol. The molecule has 2 aromatic rings. The lowest BCUT2D eigenvalue weighted by Crippen LogP contribution is -2.65. The van der Waals surface area contributed by atoms with Crippen LogP contribution in [0.15, 0.2) is 30.3 Å². The second-order valence-electron chi connectivity index (χ2n) is 10.7. The van der Waals surface area contributed by atoms with Crippen molar-refractivity contribution in [2.75, 3.05) is 20.3 Å². The zero-order valence-corrected chi connectivity index (χ0v) is 23.6. The van der Waals surface area contributed by atoms with Gasteiger partial charge in [-0.3, -0.25) is 4.79 Å². The van der Waals surface area contributed by atoms with Crippen LogP contribution in [0.4, 0.5) is 0 Å². The van der Waals surface area contributed by atoms with Crippen molar-refractivity contribution in [3.05, 3.63) is 41.5 Å². The van der Waals surface area contributed by atoms with Gasteiger partial charge in [-0.05, 0) is 17.7 Å². The quantitative estimate of drug-likeness (QED) is 0.139. The number of ether oxygens (including phenoxy) is 6. The van der Waals surface area contributed by atoms with Crippen LogP contribution in [0, 0.1) is 0 Å². The van der Waals surface area contributed by atoms with Crippen molar-refractivity contribution in [1.82, 2.24) is 0 Å². The van der Waals surface area contributed by atoms with Gasteiger partial charge in [-0.25, -0.2) is 0 Å². The highest BCUT2D eigenvalue weighted by Crippen LogP contribution is 2.50. The average Bonchev–Trinajstić information content (AvgIpc) is 3.01. The molecule has 0 saturated carbocycles. The molecule has 2 aromatic carbocycles. The normalized spacial score (nSPS) is 36.7. The smallest absolute Gasteiger partial charge is 0.204 e. The van der Waals surface area contributed by atoms with E-state index in [-0.39, 0.29) is 22.8 Å². The summed E-state index contributed by atoms with van der Waals surface area (Å²) in [7, 11) is 1.20. The van der Waals surface area contributed by atoms with E-state index in [1.54, 1.807) is 0 Å². The number of carbonyl (C=O) groups is 1. The van der Waals surface area contributed by atoms with Gasteiger partial charge < -0.3 is 79.5 Å². The van der Waals surface area contributed by atoms with Crippen molar-refractivity contribution < 1.29 is 84.3 Å². The van der Waals surface area contributed by atoms with Crippen LogP contribution in [0.3, 0.4) is 0 Å². The van der Waals surface area contributed by atoms with Gasteiger partial charge in [0, 0.05) is 6.07 Å². The van der Waals surface area contributed by atoms with E-state index in [1.807, 2.05) is 0 Å². The number of aromatic hydroxyl groups is 3. The Bertz CT molecular complexity index is 1350. The van der Waals surface area contributed by atoms with Gasteiger partial charge in [0.25, 0.3) is 0 Å². The van der Waals surface area contributed by atoms with Gasteiger partial charge in [-0.2, -0.15) is 0 Å². The summed E-state index contributed by atoms with van der Waals surface area (Å²) in [5.41, 5.74) is -0.173. The summed E-state index contributed by atoms with van der Waals surface area (Å²) in [5.74, 6) is -2.82. The lowest BCUT2D eigenvalue weighted by molar-refractivity contribution is -0.365. The maximum absolute atomic E-state index is 13.9. The Hall–Kier alpha value is -3.33. The molecule has 0 unspecified atom stereocenters. The largest absolute Gasteiger partial charge is 0.508 e. The molecule has 0 radical (unpaired) electrons. The zero-order valence-electron chi connectivity index (χ0n) is 23.6. The molecule has 12 atom stereocenters. The molecule has 3 heterocycles. The highest BCUT2D eigenvalue weighted by atomic mass is 16.7. The molecule has 10 N–H and O–H groups in total. The minimum atomic E-state index is -1.99. The first kappa shape index (κ1) is 33.0. The number of fused-ring (bicyclic) bond motifs is 1. The summed E-state index contributed by atoms with van der Waals surface area (Å²) in [4.78, 5) is 13.9. The van der Waals surface area contributed by atoms with E-state index in [0.717, 1.165) is 6.07 Å². The van der Waals surface area contributed by atoms with E-state index in [0.29, 0.717) is 0 Å². The fraction of sp³-hybridized carbons (Fsp3) is 0.536. The molecule has 0 aliphatic carbocycles. The molecule has 17 nitrogen and oxygen atoms in total. The Balaban J connectivity index is 1.44. The highest BCUT2D eigenvalue weighted by Gasteiger charge is 2.53. The van der Waals surface area contributed by atoms with E-state index in [2.05, 4.69) is 0 Å². The standard InChI is InChI=1S/C28H34O17/c1-40-22-12(33)6-11(32)15-17(35)25(21(43-24(15)22)9-2-4-10(31)5-3-9)44-23-14(8-30)42-28(20(38)19(23)37)45-26-18(36)16(34)13(7-29)41-27(26)39/h2-6,13-14,16,18-21,23,25-34,36-39H,7-8H2,1H3/t13-,14-,16-,18+,19-,20-,21+,23-,25+,26-,27+,28+/m1/s1. The molecule has 0 amide bonds. The fourth-order valence-electron chi connectivity index (χ4n) is 5.55. The highest BCUT2D eigenvalue weighted by molar-refractivity contribution is 6.06. The van der Waals surface area contributed by atoms with Crippen molar-refractivity contribution in [2.45, 2.75) is 73.6 Å². The number of hydrogen-bond acceptors (Lipinski definition) is 17. The Kier molecular flexibility index (Phi) is 9.68. The number of ketones is 1. The number of rotatable bonds is 8. The number of carbonyl (C=O) groups excluding carboxylic acids is 1. The van der Waals surface area contributed by atoms with Crippen LogP contribution in [0.25, 0.3) is 0 Å². The van der Waals surface area contributed by atoms with Gasteiger partial charge in [0.2, 0.25) is 11.5 Å². The van der Waals surface area contributed by atoms with Gasteiger partial charge >= 0.3 is 0 Å². The van der Waals surface area contributed by atoms with Gasteiger partial charge in [0.15, 0.2) is 36.3 Å². The van der Waals surface area contributed by atoms with E-state index in [9.17, 15) is 55.9 Å². The predicted molar refractivity (Wildman–Crippen MR) is 143 cm³/mol. The molecule has 45 heavy (non-hydrogen) atoms. The lowest BCUT2D eigenvalue weighted by Gasteiger charge is -2.46. The van der Waals surface area contributed by atoms with Crippen LogP contribution in [0.1, 0.15) is 22.0 Å². The molecule has 17 heteroatoms. The Morgan fingerprint density at radius 2 is 1.42 bits per heavy atom. The maximum atomic E-state index is 13.9. The van der Waals surface area contributed by atoms with E-state index in [1.165, 1.54) is 31.4 Å². The third-order valence-corrected chi connectivity index (χ3v) is 7.90. The number of aliphatic hydroxyl groups excluding tert-OH is 7. The van der Waals surface area contributed by atoms with Crippen LogP contribution in [0.5, 0.6) is 28.7 Å². The Morgan fingerprint density at radius 3 is 2.04 bits per heavy atom. The van der Waals surface area contributed by atoms with Crippen molar-refractivity contribution >= 4 is 5.78 Å². The number of methoxy groups -OCH3 is 1. The fourth-order valence-corrected chi connectivity index (χ4v) is 5.55. The summed E-state index contributed by atoms with van der Waals surface area (Å²) in [6, 6.07) is 6.25. The number of Topliss-reactive ketones (excluding diaryl/α,β-unsaturated/α-hetero) is 1. The summed E-state index contributed by atoms with van der Waals surface area (Å²) in [6.07, 6.45) is -20.5. The molecule has 3 aliphatic rings. The molecule has 0 bridgehead atoms. The second-order valence-corrected chi connectivity index (χ2v) is 10.7. The third kappa shape index (κ3) is 6.00. The third-order valence-electron chi connectivity index (χ3n) is 7.90. The van der Waals surface area contributed by atoms with Crippen LogP contribution >= 0.6 is 0 Å². The number of hydrogen-bond donors (Lipinski definition) is 10. The maximum Gasteiger partial charge on any atom is 0.204 e. The topological polar surface area (TPSA) is 275 Å². The van der Waals surface area contributed by atoms with Crippen molar-refractivity contribution in [3.8, 4) is 28.7 Å². The van der Waals surface area contributed by atoms with Crippen LogP contribution in [-0.2, 0) is 18.9 Å². The van der Waals surface area contributed by atoms with Crippen molar-refractivity contribution in [2.24, 2.45) is 0 Å². The molecule has 0 aromatic heterocycles. The van der Waals surface area contributed by atoms with Gasteiger partial charge in [-0.1, -0.05) is 12.1 Å². The molecule has 0 spiro atoms.